The summed E-state index contributed by atoms with van der Waals surface area (Å²) >= 11 is 0. The van der Waals surface area contributed by atoms with Crippen LogP contribution in [0, 0.1) is 0 Å². The van der Waals surface area contributed by atoms with Crippen molar-refractivity contribution in [3.8, 4) is 0 Å². The van der Waals surface area contributed by atoms with Crippen molar-refractivity contribution < 1.29 is 17.7 Å². The quantitative estimate of drug-likeness (QED) is 0.721. The summed E-state index contributed by atoms with van der Waals surface area (Å²) in [7, 11) is -1.31. The monoisotopic (exact) mass is 253 g/mol. The van der Waals surface area contributed by atoms with Gasteiger partial charge in [-0.3, -0.25) is 0 Å². The lowest BCUT2D eigenvalue weighted by Gasteiger charge is -2.34. The minimum Gasteiger partial charge on any atom is -0.372 e. The summed E-state index contributed by atoms with van der Waals surface area (Å²) in [5.74, 6) is -2.56. The number of hydrogen-bond acceptors (Lipinski definition) is 2. The summed E-state index contributed by atoms with van der Waals surface area (Å²) in [5, 5.41) is 0. The fourth-order valence-corrected chi connectivity index (χ4v) is 1.67. The Kier molecular flexibility index (Phi) is 4.17. The van der Waals surface area contributed by atoms with Crippen LogP contribution >= 0.6 is 0 Å². The van der Waals surface area contributed by atoms with Gasteiger partial charge in [-0.15, -0.1) is 0 Å². The highest BCUT2D eigenvalue weighted by atomic mass is 32.2. The van der Waals surface area contributed by atoms with Crippen LogP contribution in [0.3, 0.4) is 0 Å². The van der Waals surface area contributed by atoms with Crippen molar-refractivity contribution in [1.82, 2.24) is 0 Å². The Hall–Kier alpha value is -0.360. The Labute approximate surface area is 96.9 Å². The number of alkyl halides is 2. The van der Waals surface area contributed by atoms with Crippen molar-refractivity contribution in [1.29, 1.82) is 0 Å². The molecule has 0 saturated heterocycles. The van der Waals surface area contributed by atoms with E-state index in [1.165, 1.54) is 6.21 Å². The second-order valence-electron chi connectivity index (χ2n) is 4.87. The van der Waals surface area contributed by atoms with Crippen molar-refractivity contribution in [3.63, 3.8) is 0 Å². The third-order valence-electron chi connectivity index (χ3n) is 2.15. The molecule has 1 aliphatic carbocycles. The zero-order chi connectivity index (χ0) is 12.4. The molecule has 1 fully saturated rings. The Morgan fingerprint density at radius 1 is 1.50 bits per heavy atom. The third kappa shape index (κ3) is 4.25. The number of nitrogens with zero attached hydrogens (tertiary/aromatic N) is 1. The van der Waals surface area contributed by atoms with Gasteiger partial charge in [0.05, 0.1) is 17.5 Å². The predicted molar refractivity (Wildman–Crippen MR) is 60.3 cm³/mol. The molecule has 1 saturated carbocycles. The van der Waals surface area contributed by atoms with Crippen LogP contribution in [0.25, 0.3) is 0 Å². The lowest BCUT2D eigenvalue weighted by Crippen LogP contribution is -2.41. The summed E-state index contributed by atoms with van der Waals surface area (Å²) < 4.78 is 44.8. The molecule has 0 unspecified atom stereocenters. The first-order valence-corrected chi connectivity index (χ1v) is 6.25. The number of hydrogen-bond donors (Lipinski definition) is 0. The molecule has 0 aromatic rings. The highest BCUT2D eigenvalue weighted by Crippen LogP contribution is 2.39. The van der Waals surface area contributed by atoms with E-state index in [4.69, 9.17) is 4.74 Å². The molecule has 0 aromatic carbocycles. The maximum absolute atomic E-state index is 12.4. The van der Waals surface area contributed by atoms with Crippen LogP contribution in [-0.2, 0) is 15.7 Å². The molecule has 0 spiro atoms. The lowest BCUT2D eigenvalue weighted by atomic mass is 9.91. The largest absolute Gasteiger partial charge is 0.372 e. The number of halogens is 2. The molecular weight excluding hydrogens is 236 g/mol. The van der Waals surface area contributed by atoms with Gasteiger partial charge in [-0.2, -0.15) is 4.40 Å². The van der Waals surface area contributed by atoms with Crippen molar-refractivity contribution in [2.75, 3.05) is 6.61 Å². The van der Waals surface area contributed by atoms with Gasteiger partial charge in [0.15, 0.2) is 0 Å². The molecule has 94 valence electrons. The summed E-state index contributed by atoms with van der Waals surface area (Å²) in [6.45, 7) is 5.58. The Morgan fingerprint density at radius 3 is 2.50 bits per heavy atom. The standard InChI is InChI=1S/C10H17F2NO2S/c1-9(2,3)16(14)13-4-5-15-8-6-10(11,12)7-8/h4,8H,5-7H2,1-3H3/b13-4+/t16-/m1/s1. The van der Waals surface area contributed by atoms with Crippen LogP contribution in [0.5, 0.6) is 0 Å². The molecule has 0 amide bonds. The maximum Gasteiger partial charge on any atom is 0.253 e. The maximum atomic E-state index is 12.4. The predicted octanol–water partition coefficient (Wildman–Crippen LogP) is 2.33. The van der Waals surface area contributed by atoms with Gasteiger partial charge in [-0.1, -0.05) is 0 Å². The van der Waals surface area contributed by atoms with Crippen LogP contribution in [0.1, 0.15) is 33.6 Å². The summed E-state index contributed by atoms with van der Waals surface area (Å²) in [6.07, 6.45) is 0.564. The second-order valence-corrected chi connectivity index (χ2v) is 6.80. The van der Waals surface area contributed by atoms with Gasteiger partial charge in [0.1, 0.15) is 11.0 Å². The molecule has 0 aliphatic heterocycles. The van der Waals surface area contributed by atoms with Gasteiger partial charge in [0.2, 0.25) is 0 Å². The SMILES string of the molecule is CC(C)(C)[S@@](=O)/N=C/COC1CC(F)(F)C1. The van der Waals surface area contributed by atoms with Crippen molar-refractivity contribution in [2.24, 2.45) is 4.40 Å². The van der Waals surface area contributed by atoms with Crippen LogP contribution in [0.2, 0.25) is 0 Å². The average Bonchev–Trinajstić information content (AvgIpc) is 2.06. The molecule has 0 heterocycles. The Bertz CT molecular complexity index is 292. The van der Waals surface area contributed by atoms with E-state index in [1.54, 1.807) is 0 Å². The summed E-state index contributed by atoms with van der Waals surface area (Å²) in [6, 6.07) is 0. The van der Waals surface area contributed by atoms with E-state index in [1.807, 2.05) is 20.8 Å². The van der Waals surface area contributed by atoms with Crippen LogP contribution < -0.4 is 0 Å². The normalized spacial score (nSPS) is 23.3. The fraction of sp³-hybridized carbons (Fsp3) is 0.900. The smallest absolute Gasteiger partial charge is 0.253 e. The van der Waals surface area contributed by atoms with Gasteiger partial charge in [-0.25, -0.2) is 13.0 Å². The topological polar surface area (TPSA) is 38.7 Å². The van der Waals surface area contributed by atoms with Crippen LogP contribution in [0.15, 0.2) is 4.40 Å². The Morgan fingerprint density at radius 2 is 2.06 bits per heavy atom. The molecule has 16 heavy (non-hydrogen) atoms. The van der Waals surface area contributed by atoms with E-state index in [-0.39, 0.29) is 25.6 Å². The molecule has 0 bridgehead atoms. The molecule has 0 aromatic heterocycles. The van der Waals surface area contributed by atoms with Crippen molar-refractivity contribution in [3.05, 3.63) is 0 Å². The van der Waals surface area contributed by atoms with Crippen LogP contribution in [0.4, 0.5) is 8.78 Å². The van der Waals surface area contributed by atoms with Crippen molar-refractivity contribution in [2.45, 2.75) is 50.4 Å². The lowest BCUT2D eigenvalue weighted by molar-refractivity contribution is -0.159. The number of ether oxygens (including phenoxy) is 1. The van der Waals surface area contributed by atoms with Gasteiger partial charge in [0.25, 0.3) is 5.92 Å². The number of rotatable bonds is 4. The Balaban J connectivity index is 2.17. The first-order chi connectivity index (χ1) is 7.21. The van der Waals surface area contributed by atoms with E-state index in [0.29, 0.717) is 0 Å². The van der Waals surface area contributed by atoms with Gasteiger partial charge < -0.3 is 4.74 Å². The summed E-state index contributed by atoms with van der Waals surface area (Å²) in [4.78, 5) is 0. The average molecular weight is 253 g/mol. The third-order valence-corrected chi connectivity index (χ3v) is 3.54. The molecule has 1 aliphatic rings. The van der Waals surface area contributed by atoms with E-state index in [2.05, 4.69) is 4.40 Å². The molecule has 0 N–H and O–H groups in total. The highest BCUT2D eigenvalue weighted by Gasteiger charge is 2.45. The van der Waals surface area contributed by atoms with Gasteiger partial charge in [-0.05, 0) is 20.8 Å². The molecule has 1 atom stereocenters. The van der Waals surface area contributed by atoms with Crippen molar-refractivity contribution >= 4 is 17.2 Å². The summed E-state index contributed by atoms with van der Waals surface area (Å²) in [5.41, 5.74) is 0. The first kappa shape index (κ1) is 13.7. The fourth-order valence-electron chi connectivity index (χ4n) is 1.16. The first-order valence-electron chi connectivity index (χ1n) is 5.15. The van der Waals surface area contributed by atoms with Gasteiger partial charge in [0, 0.05) is 19.1 Å². The minimum absolute atomic E-state index is 0.141. The van der Waals surface area contributed by atoms with E-state index >= 15 is 0 Å². The van der Waals surface area contributed by atoms with E-state index in [0.717, 1.165) is 0 Å². The zero-order valence-electron chi connectivity index (χ0n) is 9.70. The second kappa shape index (κ2) is 4.87. The molecular formula is C10H17F2NO2S. The molecule has 0 radical (unpaired) electrons. The zero-order valence-corrected chi connectivity index (χ0v) is 10.5. The van der Waals surface area contributed by atoms with E-state index < -0.39 is 21.7 Å². The van der Waals surface area contributed by atoms with E-state index in [9.17, 15) is 13.0 Å². The van der Waals surface area contributed by atoms with Crippen LogP contribution in [-0.4, -0.2) is 33.8 Å². The van der Waals surface area contributed by atoms with Gasteiger partial charge >= 0.3 is 0 Å². The minimum atomic E-state index is -2.56. The molecule has 6 heteroatoms. The highest BCUT2D eigenvalue weighted by molar-refractivity contribution is 7.85. The molecule has 3 nitrogen and oxygen atoms in total. The molecule has 1 rings (SSSR count).